The predicted octanol–water partition coefficient (Wildman–Crippen LogP) is 3.45. The van der Waals surface area contributed by atoms with Crippen molar-refractivity contribution in [2.45, 2.75) is 13.2 Å². The molecule has 4 heteroatoms. The molecule has 0 aliphatic carbocycles. The third-order valence-electron chi connectivity index (χ3n) is 3.08. The van der Waals surface area contributed by atoms with Crippen molar-refractivity contribution in [1.82, 2.24) is 0 Å². The number of nitrogens with zero attached hydrogens (tertiary/aromatic N) is 2. The fourth-order valence-electron chi connectivity index (χ4n) is 2.10. The van der Waals surface area contributed by atoms with Gasteiger partial charge in [-0.3, -0.25) is 0 Å². The van der Waals surface area contributed by atoms with Crippen molar-refractivity contribution in [2.75, 3.05) is 11.9 Å². The van der Waals surface area contributed by atoms with Crippen LogP contribution in [0, 0.1) is 11.3 Å². The number of aliphatic hydroxyl groups is 1. The quantitative estimate of drug-likeness (QED) is 0.933. The van der Waals surface area contributed by atoms with Gasteiger partial charge in [0.15, 0.2) is 0 Å². The highest BCUT2D eigenvalue weighted by Gasteiger charge is 2.09. The van der Waals surface area contributed by atoms with Crippen molar-refractivity contribution in [3.8, 4) is 6.07 Å². The third-order valence-corrected chi connectivity index (χ3v) is 3.58. The van der Waals surface area contributed by atoms with E-state index in [1.165, 1.54) is 0 Å². The first kappa shape index (κ1) is 14.6. The van der Waals surface area contributed by atoms with Crippen molar-refractivity contribution in [1.29, 1.82) is 5.26 Å². The zero-order chi connectivity index (χ0) is 14.5. The van der Waals surface area contributed by atoms with Crippen molar-refractivity contribution >= 4 is 21.6 Å². The van der Waals surface area contributed by atoms with E-state index in [2.05, 4.69) is 34.1 Å². The summed E-state index contributed by atoms with van der Waals surface area (Å²) in [5.41, 5.74) is 3.36. The molecule has 0 aliphatic heterocycles. The largest absolute Gasteiger partial charge is 0.392 e. The SMILES string of the molecule is CN(Cc1cccc(Br)c1)c1ccc(CO)cc1C#N. The van der Waals surface area contributed by atoms with Gasteiger partial charge in [0.2, 0.25) is 0 Å². The number of hydrogen-bond donors (Lipinski definition) is 1. The summed E-state index contributed by atoms with van der Waals surface area (Å²) in [5, 5.41) is 18.4. The predicted molar refractivity (Wildman–Crippen MR) is 83.3 cm³/mol. The highest BCUT2D eigenvalue weighted by Crippen LogP contribution is 2.23. The van der Waals surface area contributed by atoms with Crippen molar-refractivity contribution in [3.63, 3.8) is 0 Å². The number of anilines is 1. The Kier molecular flexibility index (Phi) is 4.78. The molecule has 2 rings (SSSR count). The molecule has 20 heavy (non-hydrogen) atoms. The molecule has 3 nitrogen and oxygen atoms in total. The van der Waals surface area contributed by atoms with Crippen LogP contribution in [-0.2, 0) is 13.2 Å². The van der Waals surface area contributed by atoms with E-state index in [4.69, 9.17) is 5.11 Å². The Balaban J connectivity index is 2.25. The second-order valence-corrected chi connectivity index (χ2v) is 5.52. The van der Waals surface area contributed by atoms with Gasteiger partial charge < -0.3 is 10.0 Å². The van der Waals surface area contributed by atoms with Crippen LogP contribution in [0.15, 0.2) is 46.9 Å². The smallest absolute Gasteiger partial charge is 0.101 e. The molecule has 0 spiro atoms. The van der Waals surface area contributed by atoms with E-state index in [9.17, 15) is 5.26 Å². The van der Waals surface area contributed by atoms with E-state index in [-0.39, 0.29) is 6.61 Å². The third kappa shape index (κ3) is 3.38. The van der Waals surface area contributed by atoms with Gasteiger partial charge in [-0.1, -0.05) is 34.1 Å². The summed E-state index contributed by atoms with van der Waals surface area (Å²) in [6, 6.07) is 15.7. The minimum atomic E-state index is -0.0513. The van der Waals surface area contributed by atoms with Crippen LogP contribution < -0.4 is 4.90 Å². The lowest BCUT2D eigenvalue weighted by atomic mass is 10.1. The fraction of sp³-hybridized carbons (Fsp3) is 0.188. The van der Waals surface area contributed by atoms with Crippen LogP contribution in [-0.4, -0.2) is 12.2 Å². The highest BCUT2D eigenvalue weighted by atomic mass is 79.9. The molecular weight excluding hydrogens is 316 g/mol. The topological polar surface area (TPSA) is 47.3 Å². The Hall–Kier alpha value is -1.83. The molecule has 0 bridgehead atoms. The lowest BCUT2D eigenvalue weighted by Gasteiger charge is -2.21. The summed E-state index contributed by atoms with van der Waals surface area (Å²) in [5.74, 6) is 0. The van der Waals surface area contributed by atoms with E-state index >= 15 is 0 Å². The molecule has 2 aromatic carbocycles. The summed E-state index contributed by atoms with van der Waals surface area (Å²) in [6.45, 7) is 0.664. The first-order valence-electron chi connectivity index (χ1n) is 6.23. The summed E-state index contributed by atoms with van der Waals surface area (Å²) in [6.07, 6.45) is 0. The Morgan fingerprint density at radius 2 is 2.00 bits per heavy atom. The van der Waals surface area contributed by atoms with Crippen LogP contribution in [0.1, 0.15) is 16.7 Å². The lowest BCUT2D eigenvalue weighted by Crippen LogP contribution is -2.17. The second-order valence-electron chi connectivity index (χ2n) is 4.61. The zero-order valence-corrected chi connectivity index (χ0v) is 12.8. The van der Waals surface area contributed by atoms with Crippen LogP contribution in [0.2, 0.25) is 0 Å². The van der Waals surface area contributed by atoms with Gasteiger partial charge in [0.25, 0.3) is 0 Å². The minimum absolute atomic E-state index is 0.0513. The van der Waals surface area contributed by atoms with E-state index in [1.54, 1.807) is 6.07 Å². The molecule has 0 amide bonds. The van der Waals surface area contributed by atoms with Crippen LogP contribution in [0.4, 0.5) is 5.69 Å². The first-order chi connectivity index (χ1) is 9.63. The van der Waals surface area contributed by atoms with Gasteiger partial charge >= 0.3 is 0 Å². The highest BCUT2D eigenvalue weighted by molar-refractivity contribution is 9.10. The van der Waals surface area contributed by atoms with E-state index in [0.717, 1.165) is 21.3 Å². The molecule has 0 heterocycles. The van der Waals surface area contributed by atoms with Crippen molar-refractivity contribution < 1.29 is 5.11 Å². The average Bonchev–Trinajstić information content (AvgIpc) is 2.46. The minimum Gasteiger partial charge on any atom is -0.392 e. The Labute approximate surface area is 127 Å². The molecule has 2 aromatic rings. The molecule has 1 N–H and O–H groups in total. The molecule has 0 atom stereocenters. The Morgan fingerprint density at radius 3 is 2.65 bits per heavy atom. The molecular formula is C16H15BrN2O. The van der Waals surface area contributed by atoms with Crippen LogP contribution >= 0.6 is 15.9 Å². The maximum atomic E-state index is 9.23. The zero-order valence-electron chi connectivity index (χ0n) is 11.2. The van der Waals surface area contributed by atoms with Gasteiger partial charge in [0.05, 0.1) is 17.9 Å². The molecule has 102 valence electrons. The number of nitriles is 1. The van der Waals surface area contributed by atoms with Gasteiger partial charge in [0.1, 0.15) is 6.07 Å². The number of benzene rings is 2. The second kappa shape index (κ2) is 6.56. The van der Waals surface area contributed by atoms with Gasteiger partial charge in [-0.25, -0.2) is 0 Å². The maximum absolute atomic E-state index is 9.23. The summed E-state index contributed by atoms with van der Waals surface area (Å²) < 4.78 is 1.04. The fourth-order valence-corrected chi connectivity index (χ4v) is 2.54. The van der Waals surface area contributed by atoms with Gasteiger partial charge in [-0.15, -0.1) is 0 Å². The number of hydrogen-bond acceptors (Lipinski definition) is 3. The molecule has 0 aliphatic rings. The van der Waals surface area contributed by atoms with Crippen LogP contribution in [0.3, 0.4) is 0 Å². The number of rotatable bonds is 4. The van der Waals surface area contributed by atoms with Gasteiger partial charge in [0, 0.05) is 18.1 Å². The monoisotopic (exact) mass is 330 g/mol. The Bertz CT molecular complexity index is 649. The normalized spacial score (nSPS) is 10.1. The number of aliphatic hydroxyl groups excluding tert-OH is 1. The van der Waals surface area contributed by atoms with Crippen molar-refractivity contribution in [3.05, 3.63) is 63.6 Å². The van der Waals surface area contributed by atoms with Crippen molar-refractivity contribution in [2.24, 2.45) is 0 Å². The van der Waals surface area contributed by atoms with Crippen LogP contribution in [0.5, 0.6) is 0 Å². The summed E-state index contributed by atoms with van der Waals surface area (Å²) in [7, 11) is 1.95. The molecule has 0 fully saturated rings. The Morgan fingerprint density at radius 1 is 1.20 bits per heavy atom. The standard InChI is InChI=1S/C16H15BrN2O/c1-19(10-12-3-2-4-15(17)8-12)16-6-5-13(11-20)7-14(16)9-18/h2-8,20H,10-11H2,1H3. The van der Waals surface area contributed by atoms with E-state index < -0.39 is 0 Å². The molecule has 0 aromatic heterocycles. The van der Waals surface area contributed by atoms with E-state index in [1.807, 2.05) is 36.2 Å². The summed E-state index contributed by atoms with van der Waals surface area (Å²) >= 11 is 3.46. The molecule has 0 unspecified atom stereocenters. The molecule has 0 radical (unpaired) electrons. The van der Waals surface area contributed by atoms with E-state index in [0.29, 0.717) is 12.1 Å². The first-order valence-corrected chi connectivity index (χ1v) is 7.03. The molecule has 0 saturated heterocycles. The number of halogens is 1. The lowest BCUT2D eigenvalue weighted by molar-refractivity contribution is 0.282. The van der Waals surface area contributed by atoms with Gasteiger partial charge in [-0.05, 0) is 35.4 Å². The molecule has 0 saturated carbocycles. The average molecular weight is 331 g/mol. The summed E-state index contributed by atoms with van der Waals surface area (Å²) in [4.78, 5) is 2.03. The van der Waals surface area contributed by atoms with Gasteiger partial charge in [-0.2, -0.15) is 5.26 Å². The maximum Gasteiger partial charge on any atom is 0.101 e. The van der Waals surface area contributed by atoms with Crippen LogP contribution in [0.25, 0.3) is 0 Å².